The third-order valence-corrected chi connectivity index (χ3v) is 5.58. The van der Waals surface area contributed by atoms with Gasteiger partial charge in [-0.3, -0.25) is 9.59 Å². The minimum Gasteiger partial charge on any atom is -0.493 e. The lowest BCUT2D eigenvalue weighted by Crippen LogP contribution is -2.32. The van der Waals surface area contributed by atoms with Gasteiger partial charge in [-0.2, -0.15) is 5.10 Å². The number of rotatable bonds is 7. The van der Waals surface area contributed by atoms with Gasteiger partial charge in [0, 0.05) is 10.6 Å². The predicted molar refractivity (Wildman–Crippen MR) is 132 cm³/mol. The number of halogens is 3. The third kappa shape index (κ3) is 6.71. The highest BCUT2D eigenvalue weighted by Gasteiger charge is 2.15. The number of amides is 2. The first-order valence-electron chi connectivity index (χ1n) is 9.51. The summed E-state index contributed by atoms with van der Waals surface area (Å²) < 4.78 is 11.9. The smallest absolute Gasteiger partial charge is 0.329 e. The SMILES string of the molecule is COc1cc(C=NNC(=O)C(=O)Nc2ccccc2Cl)cc(Br)c1OCc1ccccc1Cl. The van der Waals surface area contributed by atoms with Crippen molar-refractivity contribution in [3.8, 4) is 11.5 Å². The molecule has 0 aliphatic rings. The van der Waals surface area contributed by atoms with Gasteiger partial charge in [-0.1, -0.05) is 53.5 Å². The number of benzene rings is 3. The fourth-order valence-electron chi connectivity index (χ4n) is 2.68. The number of para-hydroxylation sites is 1. The lowest BCUT2D eigenvalue weighted by Gasteiger charge is -2.14. The number of nitrogens with zero attached hydrogens (tertiary/aromatic N) is 1. The number of carbonyl (C=O) groups is 2. The molecule has 2 N–H and O–H groups in total. The number of hydrazone groups is 1. The van der Waals surface area contributed by atoms with Crippen molar-refractivity contribution in [2.75, 3.05) is 12.4 Å². The summed E-state index contributed by atoms with van der Waals surface area (Å²) in [4.78, 5) is 24.0. The van der Waals surface area contributed by atoms with Crippen LogP contribution in [0.15, 0.2) is 70.2 Å². The average Bonchev–Trinajstić information content (AvgIpc) is 2.80. The van der Waals surface area contributed by atoms with Crippen LogP contribution in [-0.2, 0) is 16.2 Å². The maximum Gasteiger partial charge on any atom is 0.329 e. The van der Waals surface area contributed by atoms with Gasteiger partial charge in [0.2, 0.25) is 0 Å². The summed E-state index contributed by atoms with van der Waals surface area (Å²) in [5.41, 5.74) is 3.92. The lowest BCUT2D eigenvalue weighted by atomic mass is 10.2. The van der Waals surface area contributed by atoms with Gasteiger partial charge in [-0.15, -0.1) is 0 Å². The van der Waals surface area contributed by atoms with Crippen molar-refractivity contribution in [3.05, 3.63) is 86.3 Å². The van der Waals surface area contributed by atoms with E-state index >= 15 is 0 Å². The Bertz CT molecular complexity index is 1200. The van der Waals surface area contributed by atoms with Crippen LogP contribution in [0.2, 0.25) is 10.0 Å². The van der Waals surface area contributed by atoms with Gasteiger partial charge < -0.3 is 14.8 Å². The monoisotopic (exact) mass is 549 g/mol. The Labute approximate surface area is 208 Å². The zero-order chi connectivity index (χ0) is 23.8. The molecule has 3 aromatic rings. The zero-order valence-electron chi connectivity index (χ0n) is 17.3. The summed E-state index contributed by atoms with van der Waals surface area (Å²) in [7, 11) is 1.51. The molecular weight excluding hydrogens is 533 g/mol. The first-order chi connectivity index (χ1) is 15.9. The van der Waals surface area contributed by atoms with E-state index in [2.05, 4.69) is 31.8 Å². The predicted octanol–water partition coefficient (Wildman–Crippen LogP) is 5.43. The highest BCUT2D eigenvalue weighted by molar-refractivity contribution is 9.10. The van der Waals surface area contributed by atoms with Crippen molar-refractivity contribution in [1.82, 2.24) is 5.43 Å². The summed E-state index contributed by atoms with van der Waals surface area (Å²) in [5, 5.41) is 7.16. The second-order valence-corrected chi connectivity index (χ2v) is 8.22. The molecule has 0 heterocycles. The largest absolute Gasteiger partial charge is 0.493 e. The van der Waals surface area contributed by atoms with Crippen LogP contribution in [0.25, 0.3) is 0 Å². The average molecular weight is 551 g/mol. The molecule has 10 heteroatoms. The molecule has 33 heavy (non-hydrogen) atoms. The minimum atomic E-state index is -0.947. The molecule has 0 atom stereocenters. The standard InChI is InChI=1S/C23H18BrCl2N3O4/c1-32-20-11-14(10-16(24)21(20)33-13-15-6-2-3-7-17(15)25)12-27-29-23(31)22(30)28-19-9-5-4-8-18(19)26/h2-12H,13H2,1H3,(H,28,30)(H,29,31). The number of hydrogen-bond acceptors (Lipinski definition) is 5. The Morgan fingerprint density at radius 3 is 2.42 bits per heavy atom. The summed E-state index contributed by atoms with van der Waals surface area (Å²) in [5.74, 6) is -0.919. The van der Waals surface area contributed by atoms with Crippen LogP contribution in [0.4, 0.5) is 5.69 Å². The molecule has 0 aromatic heterocycles. The van der Waals surface area contributed by atoms with E-state index in [1.165, 1.54) is 13.3 Å². The lowest BCUT2D eigenvalue weighted by molar-refractivity contribution is -0.136. The van der Waals surface area contributed by atoms with Gasteiger partial charge in [-0.05, 0) is 51.8 Å². The van der Waals surface area contributed by atoms with Crippen molar-refractivity contribution < 1.29 is 19.1 Å². The zero-order valence-corrected chi connectivity index (χ0v) is 20.4. The van der Waals surface area contributed by atoms with Crippen molar-refractivity contribution in [2.24, 2.45) is 5.10 Å². The van der Waals surface area contributed by atoms with E-state index in [0.29, 0.717) is 37.3 Å². The van der Waals surface area contributed by atoms with E-state index in [-0.39, 0.29) is 6.61 Å². The molecule has 0 radical (unpaired) electrons. The molecule has 0 unspecified atom stereocenters. The highest BCUT2D eigenvalue weighted by atomic mass is 79.9. The molecule has 0 fully saturated rings. The summed E-state index contributed by atoms with van der Waals surface area (Å²) in [6.45, 7) is 0.249. The fraction of sp³-hybridized carbons (Fsp3) is 0.0870. The van der Waals surface area contributed by atoms with Crippen LogP contribution >= 0.6 is 39.1 Å². The second kappa shape index (κ2) is 11.7. The molecule has 3 aromatic carbocycles. The molecule has 2 amide bonds. The molecule has 0 aliphatic carbocycles. The maximum absolute atomic E-state index is 12.0. The van der Waals surface area contributed by atoms with Crippen molar-refractivity contribution >= 4 is 62.8 Å². The summed E-state index contributed by atoms with van der Waals surface area (Å²) >= 11 is 15.6. The number of hydrogen-bond donors (Lipinski definition) is 2. The molecule has 0 spiro atoms. The molecule has 0 saturated carbocycles. The van der Waals surface area contributed by atoms with Gasteiger partial charge in [0.25, 0.3) is 0 Å². The van der Waals surface area contributed by atoms with Crippen molar-refractivity contribution in [3.63, 3.8) is 0 Å². The van der Waals surface area contributed by atoms with Gasteiger partial charge in [-0.25, -0.2) is 5.43 Å². The second-order valence-electron chi connectivity index (χ2n) is 6.55. The quantitative estimate of drug-likeness (QED) is 0.233. The van der Waals surface area contributed by atoms with E-state index < -0.39 is 11.8 Å². The van der Waals surface area contributed by atoms with E-state index in [4.69, 9.17) is 32.7 Å². The van der Waals surface area contributed by atoms with E-state index in [1.54, 1.807) is 42.5 Å². The Morgan fingerprint density at radius 1 is 1.03 bits per heavy atom. The van der Waals surface area contributed by atoms with Gasteiger partial charge in [0.05, 0.1) is 28.5 Å². The molecule has 0 aliphatic heterocycles. The Hall–Kier alpha value is -3.07. The van der Waals surface area contributed by atoms with E-state index in [1.807, 2.05) is 18.2 Å². The van der Waals surface area contributed by atoms with E-state index in [9.17, 15) is 9.59 Å². The molecule has 0 bridgehead atoms. The third-order valence-electron chi connectivity index (χ3n) is 4.29. The van der Waals surface area contributed by atoms with Crippen LogP contribution in [0.5, 0.6) is 11.5 Å². The van der Waals surface area contributed by atoms with Crippen LogP contribution < -0.4 is 20.2 Å². The highest BCUT2D eigenvalue weighted by Crippen LogP contribution is 2.37. The summed E-state index contributed by atoms with van der Waals surface area (Å²) in [6.07, 6.45) is 1.37. The van der Waals surface area contributed by atoms with Crippen LogP contribution in [0, 0.1) is 0 Å². The maximum atomic E-state index is 12.0. The number of nitrogens with one attached hydrogen (secondary N) is 2. The number of anilines is 1. The number of ether oxygens (including phenoxy) is 2. The van der Waals surface area contributed by atoms with Crippen LogP contribution in [-0.4, -0.2) is 25.1 Å². The molecular formula is C23H18BrCl2N3O4. The minimum absolute atomic E-state index is 0.249. The first-order valence-corrected chi connectivity index (χ1v) is 11.1. The number of carbonyl (C=O) groups excluding carboxylic acids is 2. The van der Waals surface area contributed by atoms with Gasteiger partial charge in [0.1, 0.15) is 6.61 Å². The van der Waals surface area contributed by atoms with Gasteiger partial charge in [0.15, 0.2) is 11.5 Å². The topological polar surface area (TPSA) is 89.0 Å². The molecule has 7 nitrogen and oxygen atoms in total. The van der Waals surface area contributed by atoms with Gasteiger partial charge >= 0.3 is 11.8 Å². The number of methoxy groups -OCH3 is 1. The first kappa shape index (κ1) is 24.6. The Morgan fingerprint density at radius 2 is 1.73 bits per heavy atom. The fourth-order valence-corrected chi connectivity index (χ4v) is 3.63. The Kier molecular flexibility index (Phi) is 8.71. The normalized spacial score (nSPS) is 10.7. The van der Waals surface area contributed by atoms with Crippen molar-refractivity contribution in [1.29, 1.82) is 0 Å². The van der Waals surface area contributed by atoms with E-state index in [0.717, 1.165) is 5.56 Å². The molecule has 170 valence electrons. The van der Waals surface area contributed by atoms with Crippen molar-refractivity contribution in [2.45, 2.75) is 6.61 Å². The molecule has 3 rings (SSSR count). The molecule has 0 saturated heterocycles. The summed E-state index contributed by atoms with van der Waals surface area (Å²) in [6, 6.07) is 17.3. The van der Waals surface area contributed by atoms with Crippen LogP contribution in [0.3, 0.4) is 0 Å². The Balaban J connectivity index is 1.64. The van der Waals surface area contributed by atoms with Crippen LogP contribution in [0.1, 0.15) is 11.1 Å².